The molecule has 0 aliphatic carbocycles. The fourth-order valence-corrected chi connectivity index (χ4v) is 2.63. The van der Waals surface area contributed by atoms with Crippen molar-refractivity contribution in [3.8, 4) is 5.75 Å². The van der Waals surface area contributed by atoms with Crippen LogP contribution in [0.1, 0.15) is 41.0 Å². The molecule has 128 valence electrons. The molecule has 25 heavy (non-hydrogen) atoms. The zero-order chi connectivity index (χ0) is 18.1. The van der Waals surface area contributed by atoms with Crippen molar-refractivity contribution in [2.45, 2.75) is 20.3 Å². The van der Waals surface area contributed by atoms with Gasteiger partial charge in [-0.15, -0.1) is 0 Å². The first kappa shape index (κ1) is 16.7. The van der Waals surface area contributed by atoms with Gasteiger partial charge in [-0.25, -0.2) is 4.79 Å². The highest BCUT2D eigenvalue weighted by molar-refractivity contribution is 6.07. The second kappa shape index (κ2) is 6.39. The Bertz CT molecular complexity index is 1060. The van der Waals surface area contributed by atoms with E-state index in [-0.39, 0.29) is 38.8 Å². The second-order valence-electron chi connectivity index (χ2n) is 5.70. The minimum absolute atomic E-state index is 0.00988. The van der Waals surface area contributed by atoms with E-state index in [2.05, 4.69) is 0 Å². The van der Waals surface area contributed by atoms with Crippen molar-refractivity contribution in [2.24, 2.45) is 0 Å². The number of carbonyl (C=O) groups is 2. The van der Waals surface area contributed by atoms with Crippen LogP contribution in [-0.2, 0) is 0 Å². The summed E-state index contributed by atoms with van der Waals surface area (Å²) in [5.41, 5.74) is 0.252. The molecule has 1 N–H and O–H groups in total. The smallest absolute Gasteiger partial charge is 0.335 e. The summed E-state index contributed by atoms with van der Waals surface area (Å²) in [7, 11) is 0. The Morgan fingerprint density at radius 2 is 1.92 bits per heavy atom. The number of ether oxygens (including phenoxy) is 1. The summed E-state index contributed by atoms with van der Waals surface area (Å²) in [4.78, 5) is 36.0. The highest BCUT2D eigenvalue weighted by atomic mass is 16.5. The number of carboxylic acid groups (broad SMARTS) is 1. The first-order valence-electron chi connectivity index (χ1n) is 7.84. The molecule has 0 amide bonds. The summed E-state index contributed by atoms with van der Waals surface area (Å²) in [6.45, 7) is 3.78. The molecule has 0 aliphatic rings. The van der Waals surface area contributed by atoms with Crippen LogP contribution in [0, 0.1) is 0 Å². The lowest BCUT2D eigenvalue weighted by molar-refractivity contribution is 0.0697. The van der Waals surface area contributed by atoms with Crippen molar-refractivity contribution in [3.05, 3.63) is 51.7 Å². The zero-order valence-electron chi connectivity index (χ0n) is 13.8. The number of carboxylic acids is 1. The molecule has 6 nitrogen and oxygen atoms in total. The zero-order valence-corrected chi connectivity index (χ0v) is 13.8. The molecule has 3 aromatic rings. The number of ketones is 1. The van der Waals surface area contributed by atoms with Crippen LogP contribution >= 0.6 is 0 Å². The number of aromatic carboxylic acids is 1. The Balaban J connectivity index is 2.37. The molecule has 0 aliphatic heterocycles. The van der Waals surface area contributed by atoms with E-state index in [9.17, 15) is 14.4 Å². The highest BCUT2D eigenvalue weighted by Gasteiger charge is 2.17. The van der Waals surface area contributed by atoms with E-state index >= 15 is 0 Å². The van der Waals surface area contributed by atoms with Crippen molar-refractivity contribution in [3.63, 3.8) is 0 Å². The van der Waals surface area contributed by atoms with E-state index in [4.69, 9.17) is 14.3 Å². The summed E-state index contributed by atoms with van der Waals surface area (Å²) in [5.74, 6) is -0.983. The molecule has 0 spiro atoms. The summed E-state index contributed by atoms with van der Waals surface area (Å²) in [5, 5.41) is 9.45. The minimum Gasteiger partial charge on any atom is -0.494 e. The molecule has 0 unspecified atom stereocenters. The lowest BCUT2D eigenvalue weighted by Crippen LogP contribution is -2.08. The predicted octanol–water partition coefficient (Wildman–Crippen LogP) is 3.64. The average molecular weight is 340 g/mol. The topological polar surface area (TPSA) is 93.8 Å². The second-order valence-corrected chi connectivity index (χ2v) is 5.70. The van der Waals surface area contributed by atoms with Crippen molar-refractivity contribution in [2.75, 3.05) is 6.61 Å². The van der Waals surface area contributed by atoms with Crippen molar-refractivity contribution < 1.29 is 23.8 Å². The monoisotopic (exact) mass is 340 g/mol. The van der Waals surface area contributed by atoms with Gasteiger partial charge in [-0.2, -0.15) is 0 Å². The first-order valence-corrected chi connectivity index (χ1v) is 7.84. The van der Waals surface area contributed by atoms with Crippen molar-refractivity contribution in [1.82, 2.24) is 0 Å². The van der Waals surface area contributed by atoms with Gasteiger partial charge in [-0.3, -0.25) is 9.59 Å². The van der Waals surface area contributed by atoms with Crippen molar-refractivity contribution in [1.29, 1.82) is 0 Å². The molecule has 0 saturated heterocycles. The van der Waals surface area contributed by atoms with E-state index in [0.717, 1.165) is 6.42 Å². The van der Waals surface area contributed by atoms with Crippen LogP contribution in [0.25, 0.3) is 21.9 Å². The van der Waals surface area contributed by atoms with E-state index in [1.54, 1.807) is 6.07 Å². The molecule has 0 atom stereocenters. The van der Waals surface area contributed by atoms with Gasteiger partial charge in [0, 0.05) is 0 Å². The van der Waals surface area contributed by atoms with Crippen LogP contribution in [0.2, 0.25) is 0 Å². The standard InChI is InChI=1S/C19H16O6/c1-3-6-24-12-8-13(10(2)20)18-15(9-12)17(21)14-7-11(19(22)23)4-5-16(14)25-18/h4-5,7-9H,3,6H2,1-2H3,(H,22,23). The number of carbonyl (C=O) groups excluding carboxylic acids is 1. The molecule has 0 radical (unpaired) electrons. The number of benzene rings is 2. The fraction of sp³-hybridized carbons (Fsp3) is 0.211. The van der Waals surface area contributed by atoms with Crippen LogP contribution in [0.15, 0.2) is 39.5 Å². The quantitative estimate of drug-likeness (QED) is 0.563. The highest BCUT2D eigenvalue weighted by Crippen LogP contribution is 2.27. The molecule has 1 heterocycles. The van der Waals surface area contributed by atoms with Gasteiger partial charge in [-0.05, 0) is 43.7 Å². The predicted molar refractivity (Wildman–Crippen MR) is 92.7 cm³/mol. The Morgan fingerprint density at radius 1 is 1.16 bits per heavy atom. The molecular formula is C19H16O6. The molecule has 1 aromatic heterocycles. The average Bonchev–Trinajstić information content (AvgIpc) is 2.59. The third-order valence-corrected chi connectivity index (χ3v) is 3.84. The Kier molecular flexibility index (Phi) is 4.27. The maximum Gasteiger partial charge on any atom is 0.335 e. The number of rotatable bonds is 5. The molecule has 3 rings (SSSR count). The van der Waals surface area contributed by atoms with Gasteiger partial charge in [0.05, 0.1) is 28.5 Å². The SMILES string of the molecule is CCCOc1cc(C(C)=O)c2oc3ccc(C(=O)O)cc3c(=O)c2c1. The normalized spacial score (nSPS) is 11.0. The van der Waals surface area contributed by atoms with Crippen LogP contribution in [0.3, 0.4) is 0 Å². The first-order chi connectivity index (χ1) is 11.9. The van der Waals surface area contributed by atoms with Gasteiger partial charge >= 0.3 is 5.97 Å². The lowest BCUT2D eigenvalue weighted by Gasteiger charge is -2.10. The summed E-state index contributed by atoms with van der Waals surface area (Å²) in [6, 6.07) is 7.13. The molecule has 0 bridgehead atoms. The fourth-order valence-electron chi connectivity index (χ4n) is 2.63. The van der Waals surface area contributed by atoms with Gasteiger partial charge in [0.25, 0.3) is 0 Å². The summed E-state index contributed by atoms with van der Waals surface area (Å²) >= 11 is 0. The van der Waals surface area contributed by atoms with Gasteiger partial charge in [0.1, 0.15) is 16.9 Å². The van der Waals surface area contributed by atoms with Gasteiger partial charge in [0.2, 0.25) is 5.43 Å². The molecule has 2 aromatic carbocycles. The van der Waals surface area contributed by atoms with Gasteiger partial charge in [0.15, 0.2) is 5.78 Å². The van der Waals surface area contributed by atoms with E-state index in [1.165, 1.54) is 31.2 Å². The van der Waals surface area contributed by atoms with Gasteiger partial charge < -0.3 is 14.3 Å². The number of Topliss-reactive ketones (excluding diaryl/α,β-unsaturated/α-hetero) is 1. The number of fused-ring (bicyclic) bond motifs is 2. The molecule has 0 saturated carbocycles. The summed E-state index contributed by atoms with van der Waals surface area (Å²) < 4.78 is 11.3. The minimum atomic E-state index is -1.13. The largest absolute Gasteiger partial charge is 0.494 e. The van der Waals surface area contributed by atoms with Crippen LogP contribution in [0.5, 0.6) is 5.75 Å². The van der Waals surface area contributed by atoms with Crippen LogP contribution < -0.4 is 10.2 Å². The Labute approximate surface area is 142 Å². The number of hydrogen-bond acceptors (Lipinski definition) is 5. The Hall–Kier alpha value is -3.15. The maximum atomic E-state index is 12.8. The lowest BCUT2D eigenvalue weighted by atomic mass is 10.0. The van der Waals surface area contributed by atoms with Crippen LogP contribution in [-0.4, -0.2) is 23.5 Å². The van der Waals surface area contributed by atoms with E-state index in [1.807, 2.05) is 6.92 Å². The number of hydrogen-bond donors (Lipinski definition) is 1. The van der Waals surface area contributed by atoms with Crippen molar-refractivity contribution >= 4 is 33.7 Å². The van der Waals surface area contributed by atoms with E-state index < -0.39 is 11.4 Å². The molecule has 6 heteroatoms. The summed E-state index contributed by atoms with van der Waals surface area (Å²) in [6.07, 6.45) is 0.780. The van der Waals surface area contributed by atoms with Gasteiger partial charge in [-0.1, -0.05) is 6.92 Å². The Morgan fingerprint density at radius 3 is 2.56 bits per heavy atom. The van der Waals surface area contributed by atoms with E-state index in [0.29, 0.717) is 12.4 Å². The third kappa shape index (κ3) is 2.98. The third-order valence-electron chi connectivity index (χ3n) is 3.84. The molecular weight excluding hydrogens is 324 g/mol. The van der Waals surface area contributed by atoms with Crippen LogP contribution in [0.4, 0.5) is 0 Å². The maximum absolute atomic E-state index is 12.8. The molecule has 0 fully saturated rings.